The topological polar surface area (TPSA) is 38.7 Å². The Labute approximate surface area is 85.0 Å². The van der Waals surface area contributed by atoms with Crippen molar-refractivity contribution in [3.8, 4) is 0 Å². The predicted octanol–water partition coefficient (Wildman–Crippen LogP) is 1.62. The van der Waals surface area contributed by atoms with Gasteiger partial charge in [0, 0.05) is 26.0 Å². The summed E-state index contributed by atoms with van der Waals surface area (Å²) >= 11 is 5.58. The lowest BCUT2D eigenvalue weighted by molar-refractivity contribution is -0.159. The first-order valence-electron chi connectivity index (χ1n) is 4.50. The van der Waals surface area contributed by atoms with E-state index in [9.17, 15) is 5.11 Å². The molecular formula is C9H19ClO3. The van der Waals surface area contributed by atoms with Gasteiger partial charge in [0.15, 0.2) is 6.29 Å². The molecule has 80 valence electrons. The molecular weight excluding hydrogens is 192 g/mol. The average Bonchev–Trinajstić information content (AvgIpc) is 2.17. The summed E-state index contributed by atoms with van der Waals surface area (Å²) in [7, 11) is 3.13. The zero-order valence-electron chi connectivity index (χ0n) is 8.50. The maximum Gasteiger partial charge on any atom is 0.162 e. The van der Waals surface area contributed by atoms with Crippen molar-refractivity contribution in [1.29, 1.82) is 0 Å². The molecule has 3 nitrogen and oxygen atoms in total. The van der Waals surface area contributed by atoms with Gasteiger partial charge in [0.05, 0.1) is 6.10 Å². The van der Waals surface area contributed by atoms with Gasteiger partial charge in [-0.05, 0) is 6.42 Å². The number of halogens is 1. The second kappa shape index (κ2) is 7.56. The van der Waals surface area contributed by atoms with E-state index in [1.165, 1.54) is 0 Å². The SMILES string of the molecule is CCCC(C(O)CCl)C(OC)OC. The molecule has 0 aromatic heterocycles. The molecule has 0 amide bonds. The van der Waals surface area contributed by atoms with Gasteiger partial charge in [-0.1, -0.05) is 13.3 Å². The van der Waals surface area contributed by atoms with Crippen LogP contribution in [-0.4, -0.2) is 37.6 Å². The van der Waals surface area contributed by atoms with Gasteiger partial charge in [-0.3, -0.25) is 0 Å². The quantitative estimate of drug-likeness (QED) is 0.513. The Balaban J connectivity index is 4.19. The van der Waals surface area contributed by atoms with Crippen LogP contribution in [0.2, 0.25) is 0 Å². The van der Waals surface area contributed by atoms with Crippen LogP contribution in [0.25, 0.3) is 0 Å². The minimum Gasteiger partial charge on any atom is -0.391 e. The Bertz CT molecular complexity index is 117. The first-order chi connectivity index (χ1) is 6.21. The lowest BCUT2D eigenvalue weighted by Gasteiger charge is -2.27. The average molecular weight is 211 g/mol. The normalized spacial score (nSPS) is 16.2. The first-order valence-corrected chi connectivity index (χ1v) is 5.04. The second-order valence-corrected chi connectivity index (χ2v) is 3.32. The maximum absolute atomic E-state index is 9.59. The summed E-state index contributed by atoms with van der Waals surface area (Å²) in [6.45, 7) is 2.05. The summed E-state index contributed by atoms with van der Waals surface area (Å²) in [5.41, 5.74) is 0. The minimum absolute atomic E-state index is 0.0440. The van der Waals surface area contributed by atoms with Crippen LogP contribution < -0.4 is 0 Å². The van der Waals surface area contributed by atoms with E-state index in [0.29, 0.717) is 0 Å². The number of rotatable bonds is 7. The van der Waals surface area contributed by atoms with Crippen LogP contribution in [0, 0.1) is 5.92 Å². The van der Waals surface area contributed by atoms with Gasteiger partial charge in [-0.2, -0.15) is 0 Å². The predicted molar refractivity (Wildman–Crippen MR) is 52.9 cm³/mol. The van der Waals surface area contributed by atoms with E-state index in [1.807, 2.05) is 0 Å². The Morgan fingerprint density at radius 1 is 1.31 bits per heavy atom. The molecule has 0 spiro atoms. The summed E-state index contributed by atoms with van der Waals surface area (Å²) in [4.78, 5) is 0. The zero-order valence-corrected chi connectivity index (χ0v) is 9.25. The lowest BCUT2D eigenvalue weighted by Crippen LogP contribution is -2.35. The summed E-state index contributed by atoms with van der Waals surface area (Å²) in [5, 5.41) is 9.59. The third-order valence-corrected chi connectivity index (χ3v) is 2.40. The Hall–Kier alpha value is 0.170. The van der Waals surface area contributed by atoms with Crippen LogP contribution in [0.5, 0.6) is 0 Å². The lowest BCUT2D eigenvalue weighted by atomic mass is 9.97. The molecule has 0 aliphatic rings. The summed E-state index contributed by atoms with van der Waals surface area (Å²) < 4.78 is 10.2. The molecule has 0 radical (unpaired) electrons. The van der Waals surface area contributed by atoms with Crippen LogP contribution in [0.15, 0.2) is 0 Å². The molecule has 0 aliphatic heterocycles. The van der Waals surface area contributed by atoms with Crippen LogP contribution in [0.3, 0.4) is 0 Å². The van der Waals surface area contributed by atoms with Gasteiger partial charge >= 0.3 is 0 Å². The highest BCUT2D eigenvalue weighted by Crippen LogP contribution is 2.20. The number of alkyl halides is 1. The molecule has 0 aromatic carbocycles. The highest BCUT2D eigenvalue weighted by atomic mass is 35.5. The fraction of sp³-hybridized carbons (Fsp3) is 1.00. The third-order valence-electron chi connectivity index (χ3n) is 2.09. The maximum atomic E-state index is 9.59. The van der Waals surface area contributed by atoms with E-state index < -0.39 is 6.10 Å². The van der Waals surface area contributed by atoms with Gasteiger partial charge in [-0.15, -0.1) is 11.6 Å². The molecule has 0 saturated carbocycles. The smallest absolute Gasteiger partial charge is 0.162 e. The molecule has 0 fully saturated rings. The molecule has 0 bridgehead atoms. The monoisotopic (exact) mass is 210 g/mol. The van der Waals surface area contributed by atoms with Crippen molar-refractivity contribution >= 4 is 11.6 Å². The van der Waals surface area contributed by atoms with Crippen molar-refractivity contribution < 1.29 is 14.6 Å². The number of methoxy groups -OCH3 is 2. The van der Waals surface area contributed by atoms with Gasteiger partial charge in [0.2, 0.25) is 0 Å². The second-order valence-electron chi connectivity index (χ2n) is 3.01. The van der Waals surface area contributed by atoms with E-state index >= 15 is 0 Å². The van der Waals surface area contributed by atoms with E-state index in [2.05, 4.69) is 6.92 Å². The zero-order chi connectivity index (χ0) is 10.3. The molecule has 0 saturated heterocycles. The molecule has 0 heterocycles. The molecule has 2 atom stereocenters. The van der Waals surface area contributed by atoms with Crippen molar-refractivity contribution in [1.82, 2.24) is 0 Å². The standard InChI is InChI=1S/C9H19ClO3/c1-4-5-7(8(11)6-10)9(12-2)13-3/h7-9,11H,4-6H2,1-3H3. The highest BCUT2D eigenvalue weighted by molar-refractivity contribution is 6.18. The minimum atomic E-state index is -0.563. The van der Waals surface area contributed by atoms with Crippen molar-refractivity contribution in [2.45, 2.75) is 32.2 Å². The molecule has 0 rings (SSSR count). The number of hydrogen-bond acceptors (Lipinski definition) is 3. The summed E-state index contributed by atoms with van der Waals surface area (Å²) in [5.74, 6) is 0.172. The Kier molecular flexibility index (Phi) is 7.66. The molecule has 13 heavy (non-hydrogen) atoms. The number of aliphatic hydroxyl groups is 1. The molecule has 4 heteroatoms. The van der Waals surface area contributed by atoms with Gasteiger partial charge in [-0.25, -0.2) is 0 Å². The van der Waals surface area contributed by atoms with Crippen molar-refractivity contribution in [2.75, 3.05) is 20.1 Å². The molecule has 0 aromatic rings. The summed E-state index contributed by atoms with van der Waals surface area (Å²) in [6.07, 6.45) is 0.891. The number of aliphatic hydroxyl groups excluding tert-OH is 1. The fourth-order valence-corrected chi connectivity index (χ4v) is 1.63. The van der Waals surface area contributed by atoms with E-state index in [-0.39, 0.29) is 18.1 Å². The largest absolute Gasteiger partial charge is 0.391 e. The van der Waals surface area contributed by atoms with Crippen LogP contribution in [0.4, 0.5) is 0 Å². The van der Waals surface area contributed by atoms with Crippen molar-refractivity contribution in [2.24, 2.45) is 5.92 Å². The Morgan fingerprint density at radius 2 is 1.85 bits per heavy atom. The van der Waals surface area contributed by atoms with E-state index in [0.717, 1.165) is 12.8 Å². The highest BCUT2D eigenvalue weighted by Gasteiger charge is 2.26. The molecule has 1 N–H and O–H groups in total. The van der Waals surface area contributed by atoms with Crippen molar-refractivity contribution in [3.05, 3.63) is 0 Å². The van der Waals surface area contributed by atoms with Gasteiger partial charge < -0.3 is 14.6 Å². The Morgan fingerprint density at radius 3 is 2.15 bits per heavy atom. The van der Waals surface area contributed by atoms with Crippen LogP contribution >= 0.6 is 11.6 Å². The van der Waals surface area contributed by atoms with Crippen molar-refractivity contribution in [3.63, 3.8) is 0 Å². The van der Waals surface area contributed by atoms with Gasteiger partial charge in [0.1, 0.15) is 0 Å². The van der Waals surface area contributed by atoms with Gasteiger partial charge in [0.25, 0.3) is 0 Å². The van der Waals surface area contributed by atoms with Crippen LogP contribution in [-0.2, 0) is 9.47 Å². The van der Waals surface area contributed by atoms with Crippen LogP contribution in [0.1, 0.15) is 19.8 Å². The molecule has 0 aliphatic carbocycles. The number of hydrogen-bond donors (Lipinski definition) is 1. The summed E-state index contributed by atoms with van der Waals surface area (Å²) in [6, 6.07) is 0. The third kappa shape index (κ3) is 4.27. The fourth-order valence-electron chi connectivity index (χ4n) is 1.40. The first kappa shape index (κ1) is 13.2. The molecule has 2 unspecified atom stereocenters. The van der Waals surface area contributed by atoms with E-state index in [4.69, 9.17) is 21.1 Å². The van der Waals surface area contributed by atoms with E-state index in [1.54, 1.807) is 14.2 Å². The number of ether oxygens (including phenoxy) is 2.